The highest BCUT2D eigenvalue weighted by atomic mass is 19.1. The lowest BCUT2D eigenvalue weighted by atomic mass is 9.99. The van der Waals surface area contributed by atoms with Crippen molar-refractivity contribution < 1.29 is 14.0 Å². The van der Waals surface area contributed by atoms with Crippen LogP contribution in [-0.4, -0.2) is 53.8 Å². The third kappa shape index (κ3) is 4.76. The molecule has 5 nitrogen and oxygen atoms in total. The molecule has 0 aromatic heterocycles. The van der Waals surface area contributed by atoms with Crippen LogP contribution in [0, 0.1) is 5.82 Å². The topological polar surface area (TPSA) is 52.7 Å². The fourth-order valence-electron chi connectivity index (χ4n) is 4.10. The number of hydrogen-bond donors (Lipinski definition) is 1. The second kappa shape index (κ2) is 9.22. The van der Waals surface area contributed by atoms with E-state index >= 15 is 0 Å². The molecule has 0 radical (unpaired) electrons. The molecule has 1 fully saturated rings. The molecule has 2 heterocycles. The molecule has 1 atom stereocenters. The van der Waals surface area contributed by atoms with Crippen molar-refractivity contribution in [2.24, 2.45) is 0 Å². The van der Waals surface area contributed by atoms with Gasteiger partial charge >= 0.3 is 0 Å². The van der Waals surface area contributed by atoms with Crippen LogP contribution in [0.3, 0.4) is 0 Å². The summed E-state index contributed by atoms with van der Waals surface area (Å²) >= 11 is 0. The average Bonchev–Trinajstić information content (AvgIpc) is 2.78. The number of nitrogens with one attached hydrogen (secondary N) is 1. The van der Waals surface area contributed by atoms with Crippen LogP contribution in [0.25, 0.3) is 5.57 Å². The first kappa shape index (κ1) is 20.3. The first-order chi connectivity index (χ1) is 14.6. The third-order valence-electron chi connectivity index (χ3n) is 5.81. The molecule has 4 rings (SSSR count). The first-order valence-corrected chi connectivity index (χ1v) is 10.4. The van der Waals surface area contributed by atoms with Crippen molar-refractivity contribution in [1.29, 1.82) is 0 Å². The molecular weight excluding hydrogens is 381 g/mol. The van der Waals surface area contributed by atoms with Crippen LogP contribution in [0.4, 0.5) is 4.39 Å². The first-order valence-electron chi connectivity index (χ1n) is 10.4. The van der Waals surface area contributed by atoms with Crippen molar-refractivity contribution in [3.05, 3.63) is 77.6 Å². The van der Waals surface area contributed by atoms with E-state index in [0.717, 1.165) is 12.0 Å². The summed E-state index contributed by atoms with van der Waals surface area (Å²) in [5.74, 6) is -0.409. The van der Waals surface area contributed by atoms with Crippen LogP contribution >= 0.6 is 0 Å². The zero-order valence-electron chi connectivity index (χ0n) is 16.9. The van der Waals surface area contributed by atoms with Crippen molar-refractivity contribution in [2.45, 2.75) is 25.4 Å². The van der Waals surface area contributed by atoms with Crippen LogP contribution in [0.5, 0.6) is 0 Å². The molecule has 2 aliphatic heterocycles. The molecular formula is C24H26FN3O2. The van der Waals surface area contributed by atoms with E-state index in [1.807, 2.05) is 28.0 Å². The highest BCUT2D eigenvalue weighted by molar-refractivity contribution is 5.89. The van der Waals surface area contributed by atoms with E-state index in [1.54, 1.807) is 12.1 Å². The zero-order chi connectivity index (χ0) is 20.9. The summed E-state index contributed by atoms with van der Waals surface area (Å²) in [6.07, 6.45) is 3.07. The molecule has 2 amide bonds. The Bertz CT molecular complexity index is 927. The third-order valence-corrected chi connectivity index (χ3v) is 5.81. The lowest BCUT2D eigenvalue weighted by molar-refractivity contribution is -0.138. The van der Waals surface area contributed by atoms with Crippen molar-refractivity contribution in [1.82, 2.24) is 15.1 Å². The van der Waals surface area contributed by atoms with E-state index < -0.39 is 6.04 Å². The van der Waals surface area contributed by atoms with Gasteiger partial charge < -0.3 is 10.2 Å². The van der Waals surface area contributed by atoms with Gasteiger partial charge in [0.15, 0.2) is 0 Å². The van der Waals surface area contributed by atoms with Crippen molar-refractivity contribution in [2.75, 3.05) is 26.2 Å². The molecule has 1 saturated heterocycles. The van der Waals surface area contributed by atoms with Crippen LogP contribution in [-0.2, 0) is 16.1 Å². The normalized spacial score (nSPS) is 19.9. The highest BCUT2D eigenvalue weighted by Crippen LogP contribution is 2.23. The second-order valence-corrected chi connectivity index (χ2v) is 7.79. The summed E-state index contributed by atoms with van der Waals surface area (Å²) in [6.45, 7) is 2.96. The Kier molecular flexibility index (Phi) is 6.23. The van der Waals surface area contributed by atoms with Gasteiger partial charge in [0.05, 0.1) is 12.5 Å². The second-order valence-electron chi connectivity index (χ2n) is 7.79. The number of carbonyl (C=O) groups excluding carboxylic acids is 2. The summed E-state index contributed by atoms with van der Waals surface area (Å²) in [4.78, 5) is 29.3. The predicted octanol–water partition coefficient (Wildman–Crippen LogP) is 2.83. The van der Waals surface area contributed by atoms with E-state index in [4.69, 9.17) is 0 Å². The van der Waals surface area contributed by atoms with Crippen LogP contribution in [0.1, 0.15) is 24.0 Å². The van der Waals surface area contributed by atoms with Crippen molar-refractivity contribution in [3.8, 4) is 0 Å². The molecule has 0 spiro atoms. The fourth-order valence-corrected chi connectivity index (χ4v) is 4.10. The summed E-state index contributed by atoms with van der Waals surface area (Å²) < 4.78 is 13.2. The summed E-state index contributed by atoms with van der Waals surface area (Å²) in [6, 6.07) is 16.0. The SMILES string of the molecule is O=C1NCCN(Cc2ccc(F)cc2)C1CC(=O)N1CC=C(c2ccccc2)CC1. The summed E-state index contributed by atoms with van der Waals surface area (Å²) in [7, 11) is 0. The predicted molar refractivity (Wildman–Crippen MR) is 114 cm³/mol. The van der Waals surface area contributed by atoms with Gasteiger partial charge in [0.2, 0.25) is 11.8 Å². The van der Waals surface area contributed by atoms with Crippen molar-refractivity contribution >= 4 is 17.4 Å². The Hall–Kier alpha value is -2.99. The molecule has 2 aliphatic rings. The average molecular weight is 407 g/mol. The maximum atomic E-state index is 13.2. The molecule has 1 N–H and O–H groups in total. The van der Waals surface area contributed by atoms with E-state index in [0.29, 0.717) is 32.7 Å². The monoisotopic (exact) mass is 407 g/mol. The Balaban J connectivity index is 1.39. The van der Waals surface area contributed by atoms with Crippen molar-refractivity contribution in [3.63, 3.8) is 0 Å². The van der Waals surface area contributed by atoms with E-state index in [9.17, 15) is 14.0 Å². The number of rotatable bonds is 5. The number of amides is 2. The largest absolute Gasteiger partial charge is 0.353 e. The minimum atomic E-state index is -0.504. The Morgan fingerprint density at radius 2 is 1.83 bits per heavy atom. The zero-order valence-corrected chi connectivity index (χ0v) is 16.9. The Labute approximate surface area is 176 Å². The molecule has 6 heteroatoms. The molecule has 2 aromatic rings. The number of nitrogens with zero attached hydrogens (tertiary/aromatic N) is 2. The molecule has 1 unspecified atom stereocenters. The van der Waals surface area contributed by atoms with Crippen LogP contribution in [0.15, 0.2) is 60.7 Å². The van der Waals surface area contributed by atoms with E-state index in [2.05, 4.69) is 23.5 Å². The summed E-state index contributed by atoms with van der Waals surface area (Å²) in [5, 5.41) is 2.87. The molecule has 30 heavy (non-hydrogen) atoms. The fraction of sp³-hybridized carbons (Fsp3) is 0.333. The number of hydrogen-bond acceptors (Lipinski definition) is 3. The van der Waals surface area contributed by atoms with Gasteiger partial charge in [-0.25, -0.2) is 4.39 Å². The molecule has 0 saturated carbocycles. The lowest BCUT2D eigenvalue weighted by Crippen LogP contribution is -2.56. The minimum Gasteiger partial charge on any atom is -0.353 e. The van der Waals surface area contributed by atoms with Gasteiger partial charge in [-0.15, -0.1) is 0 Å². The van der Waals surface area contributed by atoms with Gasteiger partial charge in [-0.05, 0) is 35.3 Å². The molecule has 2 aromatic carbocycles. The van der Waals surface area contributed by atoms with Gasteiger partial charge in [-0.2, -0.15) is 0 Å². The Morgan fingerprint density at radius 1 is 1.07 bits per heavy atom. The van der Waals surface area contributed by atoms with Crippen LogP contribution < -0.4 is 5.32 Å². The van der Waals surface area contributed by atoms with Gasteiger partial charge in [-0.3, -0.25) is 14.5 Å². The smallest absolute Gasteiger partial charge is 0.237 e. The van der Waals surface area contributed by atoms with Gasteiger partial charge in [-0.1, -0.05) is 48.5 Å². The van der Waals surface area contributed by atoms with Gasteiger partial charge in [0, 0.05) is 32.7 Å². The Morgan fingerprint density at radius 3 is 2.53 bits per heavy atom. The number of carbonyl (C=O) groups is 2. The minimum absolute atomic E-state index is 0.00971. The molecule has 156 valence electrons. The van der Waals surface area contributed by atoms with Crippen LogP contribution in [0.2, 0.25) is 0 Å². The molecule has 0 aliphatic carbocycles. The van der Waals surface area contributed by atoms with E-state index in [-0.39, 0.29) is 24.1 Å². The number of halogens is 1. The standard InChI is InChI=1S/C24H26FN3O2/c25-21-8-6-18(7-9-21)17-28-15-12-26-24(30)22(28)16-23(29)27-13-10-20(11-14-27)19-4-2-1-3-5-19/h1-10,22H,11-17H2,(H,26,30). The quantitative estimate of drug-likeness (QED) is 0.829. The maximum absolute atomic E-state index is 13.2. The lowest BCUT2D eigenvalue weighted by Gasteiger charge is -2.36. The summed E-state index contributed by atoms with van der Waals surface area (Å²) in [5.41, 5.74) is 3.38. The van der Waals surface area contributed by atoms with E-state index in [1.165, 1.54) is 23.3 Å². The van der Waals surface area contributed by atoms with Gasteiger partial charge in [0.25, 0.3) is 0 Å². The number of benzene rings is 2. The van der Waals surface area contributed by atoms with Gasteiger partial charge in [0.1, 0.15) is 5.82 Å². The highest BCUT2D eigenvalue weighted by Gasteiger charge is 2.33. The maximum Gasteiger partial charge on any atom is 0.237 e. The molecule has 0 bridgehead atoms. The number of piperazine rings is 1.